The van der Waals surface area contributed by atoms with Gasteiger partial charge >= 0.3 is 0 Å². The first-order valence-electron chi connectivity index (χ1n) is 3.87. The van der Waals surface area contributed by atoms with Crippen LogP contribution in [0.15, 0.2) is 0 Å². The fourth-order valence-electron chi connectivity index (χ4n) is 1.02. The molecule has 0 aliphatic rings. The minimum atomic E-state index is 0.483. The smallest absolute Gasteiger partial charge is 0.0581 e. The van der Waals surface area contributed by atoms with Crippen LogP contribution in [0, 0.1) is 0 Å². The van der Waals surface area contributed by atoms with Gasteiger partial charge < -0.3 is 4.74 Å². The van der Waals surface area contributed by atoms with E-state index < -0.39 is 0 Å². The number of methoxy groups -OCH3 is 1. The second-order valence-corrected chi connectivity index (χ2v) is 4.79. The van der Waals surface area contributed by atoms with Crippen LogP contribution in [-0.4, -0.2) is 17.1 Å². The topological polar surface area (TPSA) is 9.23 Å². The molecule has 0 aromatic heterocycles. The lowest BCUT2D eigenvalue weighted by Gasteiger charge is -2.15. The molecule has 0 N–H and O–H groups in total. The molecule has 0 saturated heterocycles. The fourth-order valence-corrected chi connectivity index (χ4v) is 1.58. The molecule has 0 aromatic carbocycles. The van der Waals surface area contributed by atoms with Gasteiger partial charge in [0.2, 0.25) is 0 Å². The molecule has 0 aliphatic heterocycles. The Bertz CT molecular complexity index is 73.7. The monoisotopic (exact) mass is 256 g/mol. The summed E-state index contributed by atoms with van der Waals surface area (Å²) in [6.45, 7) is 4.42. The van der Waals surface area contributed by atoms with Crippen molar-refractivity contribution in [1.82, 2.24) is 0 Å². The van der Waals surface area contributed by atoms with Gasteiger partial charge in [-0.2, -0.15) is 0 Å². The van der Waals surface area contributed by atoms with Crippen LogP contribution in [0.2, 0.25) is 0 Å². The highest BCUT2D eigenvalue weighted by atomic mass is 127. The quantitative estimate of drug-likeness (QED) is 0.542. The van der Waals surface area contributed by atoms with E-state index in [0.717, 1.165) is 3.92 Å². The van der Waals surface area contributed by atoms with Crippen molar-refractivity contribution >= 4 is 22.6 Å². The zero-order valence-corrected chi connectivity index (χ0v) is 9.22. The molecule has 2 atom stereocenters. The predicted octanol–water partition coefficient (Wildman–Crippen LogP) is 3.02. The van der Waals surface area contributed by atoms with Crippen molar-refractivity contribution < 1.29 is 4.74 Å². The Balaban J connectivity index is 3.39. The summed E-state index contributed by atoms with van der Waals surface area (Å²) in [4.78, 5) is 0. The van der Waals surface area contributed by atoms with Gasteiger partial charge in [-0.15, -0.1) is 0 Å². The summed E-state index contributed by atoms with van der Waals surface area (Å²) in [7, 11) is 1.80. The predicted molar refractivity (Wildman–Crippen MR) is 53.8 cm³/mol. The lowest BCUT2D eigenvalue weighted by Crippen LogP contribution is -2.13. The van der Waals surface area contributed by atoms with Crippen LogP contribution < -0.4 is 0 Å². The lowest BCUT2D eigenvalue weighted by molar-refractivity contribution is 0.0888. The summed E-state index contributed by atoms with van der Waals surface area (Å²) in [5.41, 5.74) is 0. The highest BCUT2D eigenvalue weighted by Gasteiger charge is 2.08. The van der Waals surface area contributed by atoms with Crippen molar-refractivity contribution in [3.63, 3.8) is 0 Å². The average Bonchev–Trinajstić information content (AvgIpc) is 1.86. The van der Waals surface area contributed by atoms with Gasteiger partial charge in [-0.3, -0.25) is 0 Å². The van der Waals surface area contributed by atoms with Crippen molar-refractivity contribution in [3.05, 3.63) is 0 Å². The number of alkyl halides is 1. The Labute approximate surface area is 77.7 Å². The minimum absolute atomic E-state index is 0.483. The van der Waals surface area contributed by atoms with Gasteiger partial charge in [0.25, 0.3) is 0 Å². The molecule has 0 fully saturated rings. The second-order valence-electron chi connectivity index (χ2n) is 2.66. The Morgan fingerprint density at radius 2 is 2.10 bits per heavy atom. The summed E-state index contributed by atoms with van der Waals surface area (Å²) >= 11 is 2.44. The highest BCUT2D eigenvalue weighted by molar-refractivity contribution is 14.1. The number of hydrogen-bond acceptors (Lipinski definition) is 1. The van der Waals surface area contributed by atoms with Crippen molar-refractivity contribution in [2.75, 3.05) is 7.11 Å². The first kappa shape index (κ1) is 10.7. The van der Waals surface area contributed by atoms with Crippen LogP contribution in [-0.2, 0) is 4.74 Å². The Kier molecular flexibility index (Phi) is 6.85. The molecular formula is C8H17IO. The van der Waals surface area contributed by atoms with Crippen molar-refractivity contribution in [1.29, 1.82) is 0 Å². The Morgan fingerprint density at radius 3 is 2.40 bits per heavy atom. The number of rotatable bonds is 5. The number of ether oxygens (including phenoxy) is 1. The van der Waals surface area contributed by atoms with Gasteiger partial charge in [0.05, 0.1) is 6.10 Å². The SMILES string of the molecule is CCCC(CC(C)I)OC. The molecule has 0 rings (SSSR count). The van der Waals surface area contributed by atoms with Crippen LogP contribution in [0.1, 0.15) is 33.1 Å². The largest absolute Gasteiger partial charge is 0.381 e. The van der Waals surface area contributed by atoms with Gasteiger partial charge in [0.1, 0.15) is 0 Å². The summed E-state index contributed by atoms with van der Waals surface area (Å²) in [5.74, 6) is 0. The van der Waals surface area contributed by atoms with E-state index in [2.05, 4.69) is 36.4 Å². The zero-order valence-electron chi connectivity index (χ0n) is 7.06. The molecule has 0 bridgehead atoms. The lowest BCUT2D eigenvalue weighted by atomic mass is 10.1. The molecular weight excluding hydrogens is 239 g/mol. The van der Waals surface area contributed by atoms with Crippen molar-refractivity contribution in [2.24, 2.45) is 0 Å². The maximum atomic E-state index is 5.30. The third-order valence-corrected chi connectivity index (χ3v) is 2.04. The Morgan fingerprint density at radius 1 is 1.50 bits per heavy atom. The van der Waals surface area contributed by atoms with E-state index in [1.165, 1.54) is 19.3 Å². The standard InChI is InChI=1S/C8H17IO/c1-4-5-8(10-3)6-7(2)9/h7-8H,4-6H2,1-3H3. The molecule has 0 heterocycles. The first-order chi connectivity index (χ1) is 4.70. The van der Waals surface area contributed by atoms with E-state index in [1.807, 2.05) is 0 Å². The van der Waals surface area contributed by atoms with E-state index in [4.69, 9.17) is 4.74 Å². The summed E-state index contributed by atoms with van der Waals surface area (Å²) in [6.07, 6.45) is 4.09. The molecule has 0 aromatic rings. The van der Waals surface area contributed by atoms with Crippen LogP contribution in [0.5, 0.6) is 0 Å². The van der Waals surface area contributed by atoms with Gasteiger partial charge in [-0.25, -0.2) is 0 Å². The third-order valence-electron chi connectivity index (χ3n) is 1.53. The van der Waals surface area contributed by atoms with Gasteiger partial charge in [-0.05, 0) is 12.8 Å². The molecule has 0 saturated carbocycles. The van der Waals surface area contributed by atoms with Crippen LogP contribution in [0.3, 0.4) is 0 Å². The zero-order chi connectivity index (χ0) is 7.98. The molecule has 0 aliphatic carbocycles. The summed E-state index contributed by atoms with van der Waals surface area (Å²) in [5, 5.41) is 0. The first-order valence-corrected chi connectivity index (χ1v) is 5.12. The van der Waals surface area contributed by atoms with E-state index in [0.29, 0.717) is 6.10 Å². The van der Waals surface area contributed by atoms with E-state index in [9.17, 15) is 0 Å². The number of halogens is 1. The maximum Gasteiger partial charge on any atom is 0.0581 e. The molecule has 62 valence electrons. The molecule has 0 amide bonds. The maximum absolute atomic E-state index is 5.30. The van der Waals surface area contributed by atoms with Crippen LogP contribution in [0.25, 0.3) is 0 Å². The molecule has 0 spiro atoms. The van der Waals surface area contributed by atoms with Gasteiger partial charge in [0.15, 0.2) is 0 Å². The highest BCUT2D eigenvalue weighted by Crippen LogP contribution is 2.13. The molecule has 2 unspecified atom stereocenters. The summed E-state index contributed by atoms with van der Waals surface area (Å²) < 4.78 is 6.03. The molecule has 10 heavy (non-hydrogen) atoms. The van der Waals surface area contributed by atoms with Crippen LogP contribution in [0.4, 0.5) is 0 Å². The second kappa shape index (κ2) is 6.40. The molecule has 1 nitrogen and oxygen atoms in total. The Hall–Kier alpha value is 0.690. The molecule has 0 radical (unpaired) electrons. The fraction of sp³-hybridized carbons (Fsp3) is 1.00. The van der Waals surface area contributed by atoms with Crippen molar-refractivity contribution in [3.8, 4) is 0 Å². The van der Waals surface area contributed by atoms with E-state index in [1.54, 1.807) is 7.11 Å². The summed E-state index contributed by atoms with van der Waals surface area (Å²) in [6, 6.07) is 0. The van der Waals surface area contributed by atoms with Crippen LogP contribution >= 0.6 is 22.6 Å². The average molecular weight is 256 g/mol. The van der Waals surface area contributed by atoms with Gasteiger partial charge in [-0.1, -0.05) is 42.9 Å². The van der Waals surface area contributed by atoms with Crippen molar-refractivity contribution in [2.45, 2.75) is 43.1 Å². The minimum Gasteiger partial charge on any atom is -0.381 e. The normalized spacial score (nSPS) is 16.8. The number of hydrogen-bond donors (Lipinski definition) is 0. The van der Waals surface area contributed by atoms with E-state index >= 15 is 0 Å². The van der Waals surface area contributed by atoms with E-state index in [-0.39, 0.29) is 0 Å². The third kappa shape index (κ3) is 5.47. The molecule has 2 heteroatoms. The van der Waals surface area contributed by atoms with Gasteiger partial charge in [0, 0.05) is 11.0 Å².